The molecular formula is C17H18O2. The monoisotopic (exact) mass is 254 g/mol. The summed E-state index contributed by atoms with van der Waals surface area (Å²) >= 11 is 0. The molecule has 0 saturated carbocycles. The van der Waals surface area contributed by atoms with Crippen molar-refractivity contribution in [2.24, 2.45) is 0 Å². The van der Waals surface area contributed by atoms with Crippen LogP contribution in [0.2, 0.25) is 0 Å². The Morgan fingerprint density at radius 2 is 1.74 bits per heavy atom. The number of methoxy groups -OCH3 is 1. The Balaban J connectivity index is 2.00. The number of benzene rings is 2. The highest BCUT2D eigenvalue weighted by Crippen LogP contribution is 2.21. The van der Waals surface area contributed by atoms with Crippen molar-refractivity contribution in [1.82, 2.24) is 0 Å². The van der Waals surface area contributed by atoms with Crippen LogP contribution in [0.25, 0.3) is 6.08 Å². The van der Waals surface area contributed by atoms with Crippen LogP contribution in [-0.4, -0.2) is 12.2 Å². The molecule has 1 N–H and O–H groups in total. The Morgan fingerprint density at radius 1 is 1.05 bits per heavy atom. The minimum absolute atomic E-state index is 0.466. The Bertz CT molecular complexity index is 532. The lowest BCUT2D eigenvalue weighted by Crippen LogP contribution is -1.94. The molecule has 0 aliphatic carbocycles. The molecule has 0 spiro atoms. The second-order valence-electron chi connectivity index (χ2n) is 4.31. The minimum atomic E-state index is -0.466. The minimum Gasteiger partial charge on any atom is -0.496 e. The predicted octanol–water partition coefficient (Wildman–Crippen LogP) is 3.83. The summed E-state index contributed by atoms with van der Waals surface area (Å²) in [6, 6.07) is 17.5. The molecular weight excluding hydrogens is 236 g/mol. The smallest absolute Gasteiger partial charge is 0.126 e. The van der Waals surface area contributed by atoms with Gasteiger partial charge in [0.2, 0.25) is 0 Å². The van der Waals surface area contributed by atoms with Gasteiger partial charge in [0.1, 0.15) is 5.75 Å². The van der Waals surface area contributed by atoms with E-state index in [1.54, 1.807) is 7.11 Å². The summed E-state index contributed by atoms with van der Waals surface area (Å²) in [5, 5.41) is 10.0. The molecule has 1 atom stereocenters. The summed E-state index contributed by atoms with van der Waals surface area (Å²) in [6.45, 7) is 0. The highest BCUT2D eigenvalue weighted by Gasteiger charge is 2.04. The first-order chi connectivity index (χ1) is 9.31. The average Bonchev–Trinajstić information content (AvgIpc) is 2.48. The van der Waals surface area contributed by atoms with Gasteiger partial charge in [-0.1, -0.05) is 60.7 Å². The fourth-order valence-electron chi connectivity index (χ4n) is 1.94. The molecule has 0 amide bonds. The van der Waals surface area contributed by atoms with Crippen LogP contribution in [0.5, 0.6) is 5.75 Å². The van der Waals surface area contributed by atoms with E-state index in [1.807, 2.05) is 66.7 Å². The topological polar surface area (TPSA) is 29.5 Å². The van der Waals surface area contributed by atoms with Crippen molar-refractivity contribution in [2.45, 2.75) is 12.5 Å². The van der Waals surface area contributed by atoms with Gasteiger partial charge in [-0.3, -0.25) is 0 Å². The van der Waals surface area contributed by atoms with Crippen LogP contribution in [0, 0.1) is 0 Å². The molecule has 0 aromatic heterocycles. The summed E-state index contributed by atoms with van der Waals surface area (Å²) in [6.07, 6.45) is 4.06. The van der Waals surface area contributed by atoms with E-state index >= 15 is 0 Å². The van der Waals surface area contributed by atoms with Crippen LogP contribution in [0.1, 0.15) is 23.7 Å². The van der Waals surface area contributed by atoms with Gasteiger partial charge in [0, 0.05) is 5.56 Å². The quantitative estimate of drug-likeness (QED) is 0.878. The van der Waals surface area contributed by atoms with Gasteiger partial charge in [-0.25, -0.2) is 0 Å². The van der Waals surface area contributed by atoms with Gasteiger partial charge >= 0.3 is 0 Å². The number of hydrogen-bond donors (Lipinski definition) is 1. The fourth-order valence-corrected chi connectivity index (χ4v) is 1.94. The number of hydrogen-bond acceptors (Lipinski definition) is 2. The molecule has 2 rings (SSSR count). The largest absolute Gasteiger partial charge is 0.496 e. The van der Waals surface area contributed by atoms with Crippen molar-refractivity contribution in [3.8, 4) is 5.75 Å². The first-order valence-corrected chi connectivity index (χ1v) is 6.34. The summed E-state index contributed by atoms with van der Waals surface area (Å²) in [5.74, 6) is 0.841. The second-order valence-corrected chi connectivity index (χ2v) is 4.31. The predicted molar refractivity (Wildman–Crippen MR) is 78.0 cm³/mol. The molecule has 19 heavy (non-hydrogen) atoms. The molecule has 2 aromatic carbocycles. The maximum absolute atomic E-state index is 10.0. The average molecular weight is 254 g/mol. The highest BCUT2D eigenvalue weighted by atomic mass is 16.5. The van der Waals surface area contributed by atoms with Gasteiger partial charge in [0.25, 0.3) is 0 Å². The number of aliphatic hydroxyl groups excluding tert-OH is 1. The van der Waals surface area contributed by atoms with Gasteiger partial charge < -0.3 is 9.84 Å². The summed E-state index contributed by atoms with van der Waals surface area (Å²) in [4.78, 5) is 0. The number of ether oxygens (including phenoxy) is 1. The van der Waals surface area contributed by atoms with Crippen molar-refractivity contribution in [3.63, 3.8) is 0 Å². The van der Waals surface area contributed by atoms with Gasteiger partial charge in [-0.15, -0.1) is 0 Å². The van der Waals surface area contributed by atoms with E-state index in [2.05, 4.69) is 0 Å². The zero-order valence-electron chi connectivity index (χ0n) is 11.0. The molecule has 2 nitrogen and oxygen atoms in total. The lowest BCUT2D eigenvalue weighted by atomic mass is 10.1. The molecule has 1 unspecified atom stereocenters. The van der Waals surface area contributed by atoms with Gasteiger partial charge in [-0.2, -0.15) is 0 Å². The lowest BCUT2D eigenvalue weighted by Gasteiger charge is -2.08. The first-order valence-electron chi connectivity index (χ1n) is 6.34. The Morgan fingerprint density at radius 3 is 2.47 bits per heavy atom. The molecule has 0 radical (unpaired) electrons. The third-order valence-corrected chi connectivity index (χ3v) is 2.98. The summed E-state index contributed by atoms with van der Waals surface area (Å²) < 4.78 is 5.27. The van der Waals surface area contributed by atoms with Crippen LogP contribution in [0.3, 0.4) is 0 Å². The molecule has 0 heterocycles. The van der Waals surface area contributed by atoms with Crippen LogP contribution in [0.15, 0.2) is 60.7 Å². The van der Waals surface area contributed by atoms with E-state index in [1.165, 1.54) is 0 Å². The van der Waals surface area contributed by atoms with Crippen LogP contribution >= 0.6 is 0 Å². The van der Waals surface area contributed by atoms with Crippen molar-refractivity contribution < 1.29 is 9.84 Å². The third-order valence-electron chi connectivity index (χ3n) is 2.98. The highest BCUT2D eigenvalue weighted by molar-refractivity contribution is 5.57. The van der Waals surface area contributed by atoms with Crippen LogP contribution < -0.4 is 4.74 Å². The van der Waals surface area contributed by atoms with Crippen LogP contribution in [-0.2, 0) is 0 Å². The zero-order valence-corrected chi connectivity index (χ0v) is 11.0. The van der Waals surface area contributed by atoms with E-state index < -0.39 is 6.10 Å². The first kappa shape index (κ1) is 13.4. The van der Waals surface area contributed by atoms with Crippen molar-refractivity contribution in [2.75, 3.05) is 7.11 Å². The number of para-hydroxylation sites is 1. The second kappa shape index (κ2) is 6.76. The molecule has 0 bridgehead atoms. The Labute approximate surface area is 114 Å². The standard InChI is InChI=1S/C17H18O2/c1-19-17-13-6-5-10-15(17)11-7-12-16(18)14-8-3-2-4-9-14/h2-11,13,16,18H,12H2,1H3/b11-7+. The Hall–Kier alpha value is -2.06. The van der Waals surface area contributed by atoms with E-state index in [-0.39, 0.29) is 0 Å². The fraction of sp³-hybridized carbons (Fsp3) is 0.176. The van der Waals surface area contributed by atoms with Crippen molar-refractivity contribution in [1.29, 1.82) is 0 Å². The maximum atomic E-state index is 10.0. The molecule has 2 aromatic rings. The zero-order chi connectivity index (χ0) is 13.5. The summed E-state index contributed by atoms with van der Waals surface area (Å²) in [5.41, 5.74) is 1.96. The molecule has 0 aliphatic rings. The van der Waals surface area contributed by atoms with E-state index in [0.29, 0.717) is 6.42 Å². The SMILES string of the molecule is COc1ccccc1/C=C/CC(O)c1ccccc1. The van der Waals surface area contributed by atoms with E-state index in [0.717, 1.165) is 16.9 Å². The lowest BCUT2D eigenvalue weighted by molar-refractivity contribution is 0.182. The van der Waals surface area contributed by atoms with Gasteiger partial charge in [0.05, 0.1) is 13.2 Å². The van der Waals surface area contributed by atoms with Gasteiger partial charge in [0.15, 0.2) is 0 Å². The number of rotatable bonds is 5. The van der Waals surface area contributed by atoms with Crippen molar-refractivity contribution >= 4 is 6.08 Å². The molecule has 0 saturated heterocycles. The summed E-state index contributed by atoms with van der Waals surface area (Å²) in [7, 11) is 1.66. The Kier molecular flexibility index (Phi) is 4.76. The normalized spacial score (nSPS) is 12.5. The van der Waals surface area contributed by atoms with E-state index in [4.69, 9.17) is 4.74 Å². The number of aliphatic hydroxyl groups is 1. The molecule has 0 aliphatic heterocycles. The molecule has 0 fully saturated rings. The van der Waals surface area contributed by atoms with E-state index in [9.17, 15) is 5.11 Å². The van der Waals surface area contributed by atoms with Crippen molar-refractivity contribution in [3.05, 3.63) is 71.8 Å². The molecule has 98 valence electrons. The van der Waals surface area contributed by atoms with Crippen LogP contribution in [0.4, 0.5) is 0 Å². The molecule has 2 heteroatoms. The third kappa shape index (κ3) is 3.70. The maximum Gasteiger partial charge on any atom is 0.126 e. The van der Waals surface area contributed by atoms with Gasteiger partial charge in [-0.05, 0) is 18.1 Å².